The van der Waals surface area contributed by atoms with Crippen molar-refractivity contribution in [1.29, 1.82) is 0 Å². The maximum atomic E-state index is 16.0. The Labute approximate surface area is 689 Å². The largest absolute Gasteiger partial charge is 0.374 e. The third-order valence-corrected chi connectivity index (χ3v) is 22.3. The molecule has 1 aromatic heterocycles. The van der Waals surface area contributed by atoms with Crippen molar-refractivity contribution in [3.63, 3.8) is 0 Å². The highest BCUT2D eigenvalue weighted by Gasteiger charge is 2.63. The van der Waals surface area contributed by atoms with Crippen molar-refractivity contribution in [2.24, 2.45) is 0 Å². The van der Waals surface area contributed by atoms with Gasteiger partial charge >= 0.3 is 0 Å². The number of hydrogen-bond acceptors (Lipinski definition) is 15. The van der Waals surface area contributed by atoms with Crippen molar-refractivity contribution < 1.29 is 70.6 Å². The molecule has 0 bridgehead atoms. The van der Waals surface area contributed by atoms with Crippen LogP contribution in [0.15, 0.2) is 320 Å². The normalized spacial score (nSPS) is 21.1. The van der Waals surface area contributed by atoms with Crippen molar-refractivity contribution in [3.8, 4) is 0 Å². The molecule has 13 aromatic rings. The van der Waals surface area contributed by atoms with Crippen LogP contribution in [-0.2, 0) is 160 Å². The summed E-state index contributed by atoms with van der Waals surface area (Å²) in [6.07, 6.45) is -3.27. The summed E-state index contributed by atoms with van der Waals surface area (Å²) in [6.45, 7) is 7.32. The lowest BCUT2D eigenvalue weighted by atomic mass is 9.85. The Morgan fingerprint density at radius 1 is 0.373 bits per heavy atom. The molecule has 12 aromatic carbocycles. The number of rotatable bonds is 33. The monoisotopic (exact) mass is 1580 g/mol. The van der Waals surface area contributed by atoms with E-state index in [0.717, 1.165) is 96.2 Å². The van der Waals surface area contributed by atoms with E-state index in [9.17, 15) is 4.79 Å². The van der Waals surface area contributed by atoms with Gasteiger partial charge in [-0.05, 0) is 115 Å². The number of aryl methyl sites for hydroxylation is 2. The number of Topliss-reactive ketones (excluding diaryl/α,β-unsaturated/α-hetero) is 1. The van der Waals surface area contributed by atoms with E-state index in [2.05, 4.69) is 97.9 Å². The molecule has 10 atom stereocenters. The maximum Gasteiger partial charge on any atom is 0.226 e. The molecule has 4 aliphatic heterocycles. The van der Waals surface area contributed by atoms with Gasteiger partial charge in [-0.1, -0.05) is 310 Å². The summed E-state index contributed by atoms with van der Waals surface area (Å²) in [5.74, 6) is -3.96. The van der Waals surface area contributed by atoms with E-state index in [1.54, 1.807) is 6.07 Å². The zero-order valence-corrected chi connectivity index (χ0v) is 66.5. The van der Waals surface area contributed by atoms with Gasteiger partial charge < -0.3 is 61.4 Å². The van der Waals surface area contributed by atoms with E-state index in [1.807, 2.05) is 224 Å². The highest BCUT2D eigenvalue weighted by molar-refractivity contribution is 5.98. The third kappa shape index (κ3) is 19.5. The van der Waals surface area contributed by atoms with Crippen LogP contribution in [-0.4, -0.2) is 73.0 Å². The Hall–Kier alpha value is -10.8. The molecule has 17 rings (SSSR count). The van der Waals surface area contributed by atoms with Crippen LogP contribution in [0, 0.1) is 5.82 Å². The molecular formula is C102H98FNO14. The zero-order chi connectivity index (χ0) is 80.3. The number of aromatic nitrogens is 1. The van der Waals surface area contributed by atoms with Crippen LogP contribution >= 0.6 is 0 Å². The van der Waals surface area contributed by atoms with E-state index in [-0.39, 0.29) is 64.0 Å². The van der Waals surface area contributed by atoms with Gasteiger partial charge in [0.25, 0.3) is 0 Å². The summed E-state index contributed by atoms with van der Waals surface area (Å²) in [5, 5.41) is 5.48. The number of ketones is 1. The van der Waals surface area contributed by atoms with Gasteiger partial charge in [-0.15, -0.1) is 0 Å². The second kappa shape index (κ2) is 39.2. The van der Waals surface area contributed by atoms with E-state index in [0.29, 0.717) is 56.2 Å². The number of halogens is 1. The fourth-order valence-electron chi connectivity index (χ4n) is 16.0. The standard InChI is InChI=1S/C51H49FO7.C51H49NO7/c1-2-36-23-25-37(26-24-36)27-46(53)43-29-44-42(28-45(43)52)34-58-51(44)50(57-33-41-21-13-6-14-22-41)49(56-32-40-19-11-5-12-20-40)48(55-31-39-17-9-4-10-18-39)47(59-51)35-54-30-38-15-7-3-8-16-38;1-2-36-23-25-37(26-24-36)27-45-43-29-44-42(28-46(43)59-52-45)34-57-51(44)50(56-33-41-21-13-6-14-22-41)49(55-32-40-19-11-5-12-20-40)48(54-31-39-17-9-4-10-18-39)47(58-51)35-53-30-38-15-7-3-8-16-38/h2*3-26,28-29,47-50H,2,27,30-35H2,1H3/t2*47-,48-,49+,50-,51+/m11/s1. The Balaban J connectivity index is 0.000000176. The van der Waals surface area contributed by atoms with Gasteiger partial charge in [0.2, 0.25) is 11.6 Å². The zero-order valence-electron chi connectivity index (χ0n) is 66.5. The lowest BCUT2D eigenvalue weighted by Crippen LogP contribution is -2.65. The number of ether oxygens (including phenoxy) is 12. The summed E-state index contributed by atoms with van der Waals surface area (Å²) >= 11 is 0. The van der Waals surface area contributed by atoms with Crippen molar-refractivity contribution in [3.05, 3.63) is 422 Å². The molecule has 0 aliphatic carbocycles. The minimum atomic E-state index is -1.62. The average molecular weight is 1580 g/mol. The first-order valence-corrected chi connectivity index (χ1v) is 40.9. The summed E-state index contributed by atoms with van der Waals surface area (Å²) in [6, 6.07) is 104. The predicted octanol–water partition coefficient (Wildman–Crippen LogP) is 19.9. The molecule has 15 nitrogen and oxygen atoms in total. The van der Waals surface area contributed by atoms with Crippen LogP contribution in [0.1, 0.15) is 119 Å². The fourth-order valence-corrected chi connectivity index (χ4v) is 16.0. The number of carbonyl (C=O) groups excluding carboxylic acids is 1. The molecule has 2 saturated heterocycles. The summed E-state index contributed by atoms with van der Waals surface area (Å²) < 4.78 is 105. The van der Waals surface area contributed by atoms with Crippen LogP contribution in [0.5, 0.6) is 0 Å². The van der Waals surface area contributed by atoms with Crippen LogP contribution in [0.25, 0.3) is 11.0 Å². The lowest BCUT2D eigenvalue weighted by Gasteiger charge is -2.51. The second-order valence-corrected chi connectivity index (χ2v) is 30.4. The first kappa shape index (κ1) is 81.0. The van der Waals surface area contributed by atoms with Crippen molar-refractivity contribution in [1.82, 2.24) is 5.16 Å². The summed E-state index contributed by atoms with van der Waals surface area (Å²) in [7, 11) is 0. The molecule has 118 heavy (non-hydrogen) atoms. The smallest absolute Gasteiger partial charge is 0.226 e. The van der Waals surface area contributed by atoms with Crippen LogP contribution in [0.3, 0.4) is 0 Å². The van der Waals surface area contributed by atoms with Crippen molar-refractivity contribution in [2.45, 2.75) is 166 Å². The van der Waals surface area contributed by atoms with Gasteiger partial charge in [0.15, 0.2) is 11.4 Å². The van der Waals surface area contributed by atoms with Gasteiger partial charge in [0, 0.05) is 29.4 Å². The summed E-state index contributed by atoms with van der Waals surface area (Å²) in [4.78, 5) is 14.0. The van der Waals surface area contributed by atoms with Crippen molar-refractivity contribution in [2.75, 3.05) is 13.2 Å². The molecule has 0 amide bonds. The topological polar surface area (TPSA) is 154 Å². The van der Waals surface area contributed by atoms with Crippen molar-refractivity contribution >= 4 is 16.8 Å². The molecule has 0 N–H and O–H groups in total. The molecular weight excluding hydrogens is 1480 g/mol. The van der Waals surface area contributed by atoms with Gasteiger partial charge in [-0.25, -0.2) is 4.39 Å². The molecule has 0 unspecified atom stereocenters. The minimum Gasteiger partial charge on any atom is -0.374 e. The lowest BCUT2D eigenvalue weighted by molar-refractivity contribution is -0.387. The van der Waals surface area contributed by atoms with Gasteiger partial charge in [-0.2, -0.15) is 0 Å². The molecule has 0 radical (unpaired) electrons. The summed E-state index contributed by atoms with van der Waals surface area (Å²) in [5.41, 5.74) is 16.8. The Bertz CT molecular complexity index is 5310. The maximum absolute atomic E-state index is 16.0. The Kier molecular flexibility index (Phi) is 26.9. The molecule has 2 fully saturated rings. The SMILES string of the molecule is CCc1ccc(CC(=O)c2cc3c(cc2F)CO[C@]32O[C@H](COCc3ccccc3)[C@@H](OCc3ccccc3)[C@H](OCc3ccccc3)[C@H]2OCc2ccccc2)cc1.CCc1ccc(Cc2noc3cc4c(cc23)[C@]2(OC4)O[C@H](COCc3ccccc3)[C@@H](OCc3ccccc3)[C@H](OCc3ccccc3)[C@H]2OCc2ccccc2)cc1. The average Bonchev–Trinajstić information content (AvgIpc) is 1.53. The number of fused-ring (bicyclic) bond motifs is 5. The highest BCUT2D eigenvalue weighted by atomic mass is 19.1. The third-order valence-electron chi connectivity index (χ3n) is 22.3. The van der Waals surface area contributed by atoms with E-state index >= 15 is 4.39 Å². The van der Waals surface area contributed by atoms with E-state index < -0.39 is 66.2 Å². The van der Waals surface area contributed by atoms with Gasteiger partial charge in [-0.3, -0.25) is 4.79 Å². The molecule has 4 aliphatic rings. The molecule has 0 saturated carbocycles. The number of carbonyl (C=O) groups is 1. The van der Waals surface area contributed by atoms with E-state index in [1.165, 1.54) is 11.6 Å². The molecule has 5 heterocycles. The van der Waals surface area contributed by atoms with Gasteiger partial charge in [0.1, 0.15) is 54.6 Å². The number of nitrogens with zero attached hydrogens (tertiary/aromatic N) is 1. The van der Waals surface area contributed by atoms with E-state index in [4.69, 9.17) is 61.4 Å². The van der Waals surface area contributed by atoms with Crippen LogP contribution < -0.4 is 0 Å². The Morgan fingerprint density at radius 3 is 1.08 bits per heavy atom. The predicted molar refractivity (Wildman–Crippen MR) is 448 cm³/mol. The molecule has 602 valence electrons. The van der Waals surface area contributed by atoms with Gasteiger partial charge in [0.05, 0.1) is 90.5 Å². The minimum absolute atomic E-state index is 0.0307. The number of benzene rings is 12. The quantitative estimate of drug-likeness (QED) is 0.0358. The number of hydrogen-bond donors (Lipinski definition) is 0. The Morgan fingerprint density at radius 2 is 0.703 bits per heavy atom. The second-order valence-electron chi connectivity index (χ2n) is 30.4. The van der Waals surface area contributed by atoms with Crippen LogP contribution in [0.2, 0.25) is 0 Å². The first-order valence-electron chi connectivity index (χ1n) is 40.9. The van der Waals surface area contributed by atoms with Crippen LogP contribution in [0.4, 0.5) is 4.39 Å². The fraction of sp³-hybridized carbons (Fsp3) is 0.275. The molecule has 16 heteroatoms. The highest BCUT2D eigenvalue weighted by Crippen LogP contribution is 2.52. The molecule has 2 spiro atoms. The first-order chi connectivity index (χ1) is 58.1.